The van der Waals surface area contributed by atoms with Crippen LogP contribution in [-0.4, -0.2) is 0 Å². The number of benzene rings is 3. The van der Waals surface area contributed by atoms with Crippen LogP contribution in [0.3, 0.4) is 0 Å². The molecule has 0 aliphatic rings. The van der Waals surface area contributed by atoms with Crippen molar-refractivity contribution in [3.8, 4) is 5.75 Å². The molecule has 0 atom stereocenters. The Balaban J connectivity index is 1.79. The van der Waals surface area contributed by atoms with Crippen LogP contribution in [0.4, 0.5) is 5.69 Å². The number of nitrogens with two attached hydrogens (primary N) is 1. The van der Waals surface area contributed by atoms with Gasteiger partial charge in [0.05, 0.1) is 5.02 Å². The molecule has 0 aliphatic heterocycles. The second kappa shape index (κ2) is 5.43. The fraction of sp³-hybridized carbons (Fsp3) is 0.0588. The summed E-state index contributed by atoms with van der Waals surface area (Å²) >= 11 is 6.09. The molecule has 20 heavy (non-hydrogen) atoms. The molecule has 3 rings (SSSR count). The Kier molecular flexibility index (Phi) is 3.48. The molecule has 0 amide bonds. The summed E-state index contributed by atoms with van der Waals surface area (Å²) < 4.78 is 5.74. The van der Waals surface area contributed by atoms with Gasteiger partial charge in [-0.1, -0.05) is 48.0 Å². The van der Waals surface area contributed by atoms with Crippen molar-refractivity contribution >= 4 is 28.1 Å². The number of anilines is 1. The fourth-order valence-electron chi connectivity index (χ4n) is 2.12. The van der Waals surface area contributed by atoms with E-state index in [1.165, 1.54) is 10.8 Å². The van der Waals surface area contributed by atoms with E-state index in [9.17, 15) is 0 Å². The number of ether oxygens (including phenoxy) is 1. The van der Waals surface area contributed by atoms with E-state index in [0.29, 0.717) is 23.1 Å². The van der Waals surface area contributed by atoms with Gasteiger partial charge in [0.2, 0.25) is 0 Å². The zero-order chi connectivity index (χ0) is 13.9. The van der Waals surface area contributed by atoms with Crippen molar-refractivity contribution < 1.29 is 4.74 Å². The molecule has 3 aromatic carbocycles. The third-order valence-electron chi connectivity index (χ3n) is 3.16. The summed E-state index contributed by atoms with van der Waals surface area (Å²) in [6, 6.07) is 19.8. The lowest BCUT2D eigenvalue weighted by molar-refractivity contribution is 0.306. The maximum Gasteiger partial charge on any atom is 0.138 e. The smallest absolute Gasteiger partial charge is 0.138 e. The summed E-state index contributed by atoms with van der Waals surface area (Å²) in [6.45, 7) is 0.481. The van der Waals surface area contributed by atoms with Gasteiger partial charge in [0.15, 0.2) is 0 Å². The highest BCUT2D eigenvalue weighted by molar-refractivity contribution is 6.32. The van der Waals surface area contributed by atoms with Gasteiger partial charge in [0, 0.05) is 5.69 Å². The van der Waals surface area contributed by atoms with Gasteiger partial charge in [-0.3, -0.25) is 0 Å². The van der Waals surface area contributed by atoms with E-state index in [0.717, 1.165) is 5.56 Å². The van der Waals surface area contributed by atoms with Crippen LogP contribution in [0, 0.1) is 0 Å². The molecule has 0 radical (unpaired) electrons. The van der Waals surface area contributed by atoms with Gasteiger partial charge in [0.25, 0.3) is 0 Å². The molecule has 0 aliphatic carbocycles. The Bertz CT molecular complexity index is 755. The molecule has 0 fully saturated rings. The molecule has 0 saturated carbocycles. The number of halogens is 1. The molecule has 3 heteroatoms. The molecule has 0 spiro atoms. The summed E-state index contributed by atoms with van der Waals surface area (Å²) in [6.07, 6.45) is 0. The topological polar surface area (TPSA) is 35.2 Å². The number of fused-ring (bicyclic) bond motifs is 1. The van der Waals surface area contributed by atoms with E-state index >= 15 is 0 Å². The standard InChI is InChI=1S/C17H14ClNO/c18-16-10-15(19)7-8-17(16)20-11-12-5-6-13-3-1-2-4-14(13)9-12/h1-10H,11,19H2. The Labute approximate surface area is 122 Å². The Morgan fingerprint density at radius 1 is 0.900 bits per heavy atom. The highest BCUT2D eigenvalue weighted by atomic mass is 35.5. The van der Waals surface area contributed by atoms with Gasteiger partial charge < -0.3 is 10.5 Å². The monoisotopic (exact) mass is 283 g/mol. The van der Waals surface area contributed by atoms with E-state index in [1.807, 2.05) is 12.1 Å². The van der Waals surface area contributed by atoms with Crippen LogP contribution >= 0.6 is 11.6 Å². The lowest BCUT2D eigenvalue weighted by Gasteiger charge is -2.09. The zero-order valence-corrected chi connectivity index (χ0v) is 11.6. The number of nitrogen functional groups attached to an aromatic ring is 1. The summed E-state index contributed by atoms with van der Waals surface area (Å²) in [5.41, 5.74) is 7.40. The zero-order valence-electron chi connectivity index (χ0n) is 10.8. The van der Waals surface area contributed by atoms with Gasteiger partial charge in [-0.15, -0.1) is 0 Å². The van der Waals surface area contributed by atoms with Crippen molar-refractivity contribution in [1.82, 2.24) is 0 Å². The van der Waals surface area contributed by atoms with Crippen molar-refractivity contribution in [2.45, 2.75) is 6.61 Å². The van der Waals surface area contributed by atoms with Crippen molar-refractivity contribution in [3.63, 3.8) is 0 Å². The lowest BCUT2D eigenvalue weighted by atomic mass is 10.1. The predicted octanol–water partition coefficient (Wildman–Crippen LogP) is 4.65. The Morgan fingerprint density at radius 3 is 2.50 bits per heavy atom. The first-order valence-electron chi connectivity index (χ1n) is 6.38. The highest BCUT2D eigenvalue weighted by Crippen LogP contribution is 2.27. The van der Waals surface area contributed by atoms with E-state index in [1.54, 1.807) is 18.2 Å². The molecule has 0 unspecified atom stereocenters. The molecule has 3 aromatic rings. The van der Waals surface area contributed by atoms with Crippen LogP contribution in [0.1, 0.15) is 5.56 Å². The highest BCUT2D eigenvalue weighted by Gasteiger charge is 2.03. The third-order valence-corrected chi connectivity index (χ3v) is 3.46. The second-order valence-corrected chi connectivity index (χ2v) is 5.07. The summed E-state index contributed by atoms with van der Waals surface area (Å²) in [5, 5.41) is 2.96. The van der Waals surface area contributed by atoms with Crippen molar-refractivity contribution in [3.05, 3.63) is 71.2 Å². The number of hydrogen-bond donors (Lipinski definition) is 1. The predicted molar refractivity (Wildman–Crippen MR) is 84.1 cm³/mol. The molecule has 0 saturated heterocycles. The molecule has 0 heterocycles. The maximum atomic E-state index is 6.09. The van der Waals surface area contributed by atoms with E-state index < -0.39 is 0 Å². The van der Waals surface area contributed by atoms with Gasteiger partial charge in [-0.05, 0) is 40.6 Å². The maximum absolute atomic E-state index is 6.09. The average Bonchev–Trinajstić information content (AvgIpc) is 2.46. The first kappa shape index (κ1) is 12.8. The molecular weight excluding hydrogens is 270 g/mol. The van der Waals surface area contributed by atoms with Crippen molar-refractivity contribution in [2.24, 2.45) is 0 Å². The lowest BCUT2D eigenvalue weighted by Crippen LogP contribution is -1.96. The van der Waals surface area contributed by atoms with Gasteiger partial charge in [0.1, 0.15) is 12.4 Å². The van der Waals surface area contributed by atoms with Crippen LogP contribution < -0.4 is 10.5 Å². The largest absolute Gasteiger partial charge is 0.487 e. The average molecular weight is 284 g/mol. The Hall–Kier alpha value is -2.19. The molecule has 2 N–H and O–H groups in total. The van der Waals surface area contributed by atoms with Crippen LogP contribution in [0.25, 0.3) is 10.8 Å². The van der Waals surface area contributed by atoms with Gasteiger partial charge in [-0.25, -0.2) is 0 Å². The van der Waals surface area contributed by atoms with Crippen molar-refractivity contribution in [1.29, 1.82) is 0 Å². The first-order valence-corrected chi connectivity index (χ1v) is 6.76. The van der Waals surface area contributed by atoms with Crippen LogP contribution in [0.5, 0.6) is 5.75 Å². The molecule has 2 nitrogen and oxygen atoms in total. The molecule has 0 bridgehead atoms. The second-order valence-electron chi connectivity index (χ2n) is 4.66. The van der Waals surface area contributed by atoms with Crippen LogP contribution in [-0.2, 0) is 6.61 Å². The van der Waals surface area contributed by atoms with Crippen molar-refractivity contribution in [2.75, 3.05) is 5.73 Å². The third kappa shape index (κ3) is 2.70. The first-order chi connectivity index (χ1) is 9.72. The Morgan fingerprint density at radius 2 is 1.70 bits per heavy atom. The molecular formula is C17H14ClNO. The molecule has 100 valence electrons. The van der Waals surface area contributed by atoms with Gasteiger partial charge >= 0.3 is 0 Å². The summed E-state index contributed by atoms with van der Waals surface area (Å²) in [5.74, 6) is 0.647. The van der Waals surface area contributed by atoms with E-state index in [2.05, 4.69) is 30.3 Å². The van der Waals surface area contributed by atoms with E-state index in [4.69, 9.17) is 22.1 Å². The fourth-order valence-corrected chi connectivity index (χ4v) is 2.37. The molecule has 0 aromatic heterocycles. The quantitative estimate of drug-likeness (QED) is 0.710. The number of hydrogen-bond acceptors (Lipinski definition) is 2. The summed E-state index contributed by atoms with van der Waals surface area (Å²) in [7, 11) is 0. The minimum Gasteiger partial charge on any atom is -0.487 e. The SMILES string of the molecule is Nc1ccc(OCc2ccc3ccccc3c2)c(Cl)c1. The number of rotatable bonds is 3. The van der Waals surface area contributed by atoms with Crippen LogP contribution in [0.2, 0.25) is 5.02 Å². The minimum absolute atomic E-state index is 0.481. The van der Waals surface area contributed by atoms with Crippen LogP contribution in [0.15, 0.2) is 60.7 Å². The van der Waals surface area contributed by atoms with Gasteiger partial charge in [-0.2, -0.15) is 0 Å². The summed E-state index contributed by atoms with van der Waals surface area (Å²) in [4.78, 5) is 0. The normalized spacial score (nSPS) is 10.7. The minimum atomic E-state index is 0.481. The van der Waals surface area contributed by atoms with E-state index in [-0.39, 0.29) is 0 Å².